The van der Waals surface area contributed by atoms with Crippen LogP contribution in [0.15, 0.2) is 42.6 Å². The zero-order valence-corrected chi connectivity index (χ0v) is 8.61. The van der Waals surface area contributed by atoms with Crippen molar-refractivity contribution >= 4 is 5.69 Å². The SMILES string of the molecule is c1c[nH]c(CN2CCc3ccccc32)c1. The van der Waals surface area contributed by atoms with Gasteiger partial charge in [0.25, 0.3) is 0 Å². The van der Waals surface area contributed by atoms with Gasteiger partial charge in [-0.25, -0.2) is 0 Å². The third-order valence-corrected chi connectivity index (χ3v) is 3.01. The standard InChI is InChI=1S/C13H14N2/c1-2-6-13-11(4-1)7-9-15(13)10-12-5-3-8-14-12/h1-6,8,14H,7,9-10H2. The lowest BCUT2D eigenvalue weighted by molar-refractivity contribution is 0.820. The number of anilines is 1. The number of nitrogens with one attached hydrogen (secondary N) is 1. The first-order chi connectivity index (χ1) is 7.43. The van der Waals surface area contributed by atoms with Gasteiger partial charge in [0.2, 0.25) is 0 Å². The van der Waals surface area contributed by atoms with Crippen LogP contribution in [-0.4, -0.2) is 11.5 Å². The number of rotatable bonds is 2. The first kappa shape index (κ1) is 8.60. The molecule has 2 heteroatoms. The van der Waals surface area contributed by atoms with Crippen molar-refractivity contribution in [3.8, 4) is 0 Å². The number of hydrogen-bond acceptors (Lipinski definition) is 1. The predicted molar refractivity (Wildman–Crippen MR) is 62.0 cm³/mol. The van der Waals surface area contributed by atoms with Crippen LogP contribution in [0.4, 0.5) is 5.69 Å². The maximum absolute atomic E-state index is 3.25. The van der Waals surface area contributed by atoms with E-state index in [1.807, 2.05) is 6.20 Å². The summed E-state index contributed by atoms with van der Waals surface area (Å²) in [7, 11) is 0. The highest BCUT2D eigenvalue weighted by Gasteiger charge is 2.17. The van der Waals surface area contributed by atoms with Crippen molar-refractivity contribution in [2.24, 2.45) is 0 Å². The molecule has 1 N–H and O–H groups in total. The molecule has 0 aliphatic carbocycles. The molecular weight excluding hydrogens is 184 g/mol. The van der Waals surface area contributed by atoms with Crippen molar-refractivity contribution in [3.05, 3.63) is 53.9 Å². The summed E-state index contributed by atoms with van der Waals surface area (Å²) in [5, 5.41) is 0. The Hall–Kier alpha value is -1.70. The minimum Gasteiger partial charge on any atom is -0.365 e. The van der Waals surface area contributed by atoms with Gasteiger partial charge in [-0.1, -0.05) is 18.2 Å². The van der Waals surface area contributed by atoms with E-state index in [-0.39, 0.29) is 0 Å². The quantitative estimate of drug-likeness (QED) is 0.785. The number of hydrogen-bond donors (Lipinski definition) is 1. The minimum absolute atomic E-state index is 0.990. The summed E-state index contributed by atoms with van der Waals surface area (Å²) in [4.78, 5) is 5.68. The van der Waals surface area contributed by atoms with Crippen LogP contribution in [0.3, 0.4) is 0 Å². The number of aromatic nitrogens is 1. The van der Waals surface area contributed by atoms with Crippen molar-refractivity contribution in [3.63, 3.8) is 0 Å². The highest BCUT2D eigenvalue weighted by Crippen LogP contribution is 2.28. The average molecular weight is 198 g/mol. The first-order valence-corrected chi connectivity index (χ1v) is 5.38. The summed E-state index contributed by atoms with van der Waals surface area (Å²) in [6.07, 6.45) is 3.16. The van der Waals surface area contributed by atoms with Crippen LogP contribution < -0.4 is 4.90 Å². The molecule has 0 radical (unpaired) electrons. The van der Waals surface area contributed by atoms with E-state index in [0.717, 1.165) is 13.1 Å². The number of fused-ring (bicyclic) bond motifs is 1. The number of H-pyrrole nitrogens is 1. The van der Waals surface area contributed by atoms with Crippen molar-refractivity contribution < 1.29 is 0 Å². The highest BCUT2D eigenvalue weighted by atomic mass is 15.2. The number of benzene rings is 1. The van der Waals surface area contributed by atoms with Crippen LogP contribution in [0.1, 0.15) is 11.3 Å². The zero-order valence-electron chi connectivity index (χ0n) is 8.61. The molecule has 0 spiro atoms. The van der Waals surface area contributed by atoms with Crippen molar-refractivity contribution in [1.29, 1.82) is 0 Å². The van der Waals surface area contributed by atoms with Gasteiger partial charge in [-0.3, -0.25) is 0 Å². The highest BCUT2D eigenvalue weighted by molar-refractivity contribution is 5.57. The van der Waals surface area contributed by atoms with Crippen LogP contribution in [0.2, 0.25) is 0 Å². The molecule has 0 atom stereocenters. The maximum Gasteiger partial charge on any atom is 0.0580 e. The predicted octanol–water partition coefficient (Wildman–Crippen LogP) is 2.58. The van der Waals surface area contributed by atoms with Gasteiger partial charge in [-0.05, 0) is 30.2 Å². The Balaban J connectivity index is 1.85. The maximum atomic E-state index is 3.25. The van der Waals surface area contributed by atoms with Gasteiger partial charge in [-0.2, -0.15) is 0 Å². The first-order valence-electron chi connectivity index (χ1n) is 5.38. The number of para-hydroxylation sites is 1. The second kappa shape index (κ2) is 3.46. The van der Waals surface area contributed by atoms with Gasteiger partial charge >= 0.3 is 0 Å². The van der Waals surface area contributed by atoms with E-state index in [0.29, 0.717) is 0 Å². The minimum atomic E-state index is 0.990. The monoisotopic (exact) mass is 198 g/mol. The second-order valence-corrected chi connectivity index (χ2v) is 4.00. The van der Waals surface area contributed by atoms with E-state index in [2.05, 4.69) is 46.3 Å². The van der Waals surface area contributed by atoms with Crippen LogP contribution in [0.5, 0.6) is 0 Å². The average Bonchev–Trinajstić information content (AvgIpc) is 2.89. The Bertz CT molecular complexity index is 445. The molecule has 1 aliphatic heterocycles. The summed E-state index contributed by atoms with van der Waals surface area (Å²) in [6, 6.07) is 12.9. The molecule has 1 aliphatic rings. The van der Waals surface area contributed by atoms with Crippen LogP contribution in [0.25, 0.3) is 0 Å². The molecule has 1 aromatic heterocycles. The molecule has 0 unspecified atom stereocenters. The third-order valence-electron chi connectivity index (χ3n) is 3.01. The molecule has 2 aromatic rings. The molecule has 0 amide bonds. The van der Waals surface area contributed by atoms with E-state index < -0.39 is 0 Å². The van der Waals surface area contributed by atoms with Gasteiger partial charge in [0, 0.05) is 24.1 Å². The lowest BCUT2D eigenvalue weighted by Gasteiger charge is -2.18. The van der Waals surface area contributed by atoms with Gasteiger partial charge < -0.3 is 9.88 Å². The van der Waals surface area contributed by atoms with Crippen molar-refractivity contribution in [2.75, 3.05) is 11.4 Å². The Kier molecular flexibility index (Phi) is 1.98. The zero-order chi connectivity index (χ0) is 10.1. The third kappa shape index (κ3) is 1.52. The second-order valence-electron chi connectivity index (χ2n) is 4.00. The fourth-order valence-electron chi connectivity index (χ4n) is 2.24. The molecule has 0 fully saturated rings. The van der Waals surface area contributed by atoms with Crippen LogP contribution >= 0.6 is 0 Å². The fourth-order valence-corrected chi connectivity index (χ4v) is 2.24. The van der Waals surface area contributed by atoms with Crippen molar-refractivity contribution in [2.45, 2.75) is 13.0 Å². The topological polar surface area (TPSA) is 19.0 Å². The summed E-state index contributed by atoms with van der Waals surface area (Å²) in [6.45, 7) is 2.13. The van der Waals surface area contributed by atoms with Gasteiger partial charge in [0.15, 0.2) is 0 Å². The van der Waals surface area contributed by atoms with Crippen LogP contribution in [-0.2, 0) is 13.0 Å². The van der Waals surface area contributed by atoms with E-state index in [4.69, 9.17) is 0 Å². The molecule has 3 rings (SSSR count). The van der Waals surface area contributed by atoms with E-state index >= 15 is 0 Å². The lowest BCUT2D eigenvalue weighted by atomic mass is 10.2. The summed E-state index contributed by atoms with van der Waals surface area (Å²) < 4.78 is 0. The molecule has 0 saturated heterocycles. The molecule has 1 aromatic carbocycles. The molecule has 0 bridgehead atoms. The Labute approximate surface area is 89.5 Å². The van der Waals surface area contributed by atoms with E-state index in [9.17, 15) is 0 Å². The Morgan fingerprint density at radius 2 is 2.07 bits per heavy atom. The van der Waals surface area contributed by atoms with Gasteiger partial charge in [0.05, 0.1) is 6.54 Å². The Morgan fingerprint density at radius 3 is 2.93 bits per heavy atom. The molecule has 2 heterocycles. The summed E-state index contributed by atoms with van der Waals surface area (Å²) in [5.74, 6) is 0. The molecule has 2 nitrogen and oxygen atoms in total. The summed E-state index contributed by atoms with van der Waals surface area (Å²) in [5.41, 5.74) is 4.16. The largest absolute Gasteiger partial charge is 0.365 e. The smallest absolute Gasteiger partial charge is 0.0580 e. The number of aromatic amines is 1. The molecule has 15 heavy (non-hydrogen) atoms. The van der Waals surface area contributed by atoms with E-state index in [1.165, 1.54) is 23.4 Å². The fraction of sp³-hybridized carbons (Fsp3) is 0.231. The molecular formula is C13H14N2. The molecule has 76 valence electrons. The van der Waals surface area contributed by atoms with Crippen LogP contribution in [0, 0.1) is 0 Å². The molecule has 0 saturated carbocycles. The van der Waals surface area contributed by atoms with Gasteiger partial charge in [-0.15, -0.1) is 0 Å². The van der Waals surface area contributed by atoms with Gasteiger partial charge in [0.1, 0.15) is 0 Å². The normalized spacial score (nSPS) is 14.3. The Morgan fingerprint density at radius 1 is 1.13 bits per heavy atom. The van der Waals surface area contributed by atoms with E-state index in [1.54, 1.807) is 0 Å². The summed E-state index contributed by atoms with van der Waals surface area (Å²) >= 11 is 0. The number of nitrogens with zero attached hydrogens (tertiary/aromatic N) is 1. The van der Waals surface area contributed by atoms with Crippen molar-refractivity contribution in [1.82, 2.24) is 4.98 Å². The lowest BCUT2D eigenvalue weighted by Crippen LogP contribution is -2.19.